The Bertz CT molecular complexity index is 913. The average molecular weight is 340 g/mol. The SMILES string of the molecule is Cc1cccc(NC(=O)c2ccc(Nc3ccc(F)c(F)c3)nn2)c1. The molecule has 0 aliphatic carbocycles. The fraction of sp³-hybridized carbons (Fsp3) is 0.0556. The van der Waals surface area contributed by atoms with Crippen molar-refractivity contribution >= 4 is 23.1 Å². The number of nitrogens with one attached hydrogen (secondary N) is 2. The summed E-state index contributed by atoms with van der Waals surface area (Å²) in [6.07, 6.45) is 0. The van der Waals surface area contributed by atoms with Crippen molar-refractivity contribution in [2.24, 2.45) is 0 Å². The Morgan fingerprint density at radius 2 is 1.76 bits per heavy atom. The van der Waals surface area contributed by atoms with Gasteiger partial charge < -0.3 is 10.6 Å². The topological polar surface area (TPSA) is 66.9 Å². The molecule has 1 amide bonds. The molecule has 2 N–H and O–H groups in total. The summed E-state index contributed by atoms with van der Waals surface area (Å²) in [4.78, 5) is 12.2. The molecule has 0 aliphatic heterocycles. The van der Waals surface area contributed by atoms with E-state index in [1.165, 1.54) is 18.2 Å². The number of nitrogens with zero attached hydrogens (tertiary/aromatic N) is 2. The van der Waals surface area contributed by atoms with Crippen LogP contribution in [0, 0.1) is 18.6 Å². The lowest BCUT2D eigenvalue weighted by molar-refractivity contribution is 0.102. The molecule has 0 aliphatic rings. The molecule has 0 fully saturated rings. The first-order valence-electron chi connectivity index (χ1n) is 7.45. The van der Waals surface area contributed by atoms with Gasteiger partial charge in [0.25, 0.3) is 5.91 Å². The number of anilines is 3. The first-order chi connectivity index (χ1) is 12.0. The van der Waals surface area contributed by atoms with Gasteiger partial charge in [-0.3, -0.25) is 4.79 Å². The van der Waals surface area contributed by atoms with Crippen molar-refractivity contribution in [2.45, 2.75) is 6.92 Å². The molecular weight excluding hydrogens is 326 g/mol. The first-order valence-corrected chi connectivity index (χ1v) is 7.45. The number of hydrogen-bond donors (Lipinski definition) is 2. The third-order valence-corrected chi connectivity index (χ3v) is 3.37. The third-order valence-electron chi connectivity index (χ3n) is 3.37. The minimum atomic E-state index is -0.966. The molecule has 0 atom stereocenters. The summed E-state index contributed by atoms with van der Waals surface area (Å²) in [5.74, 6) is -1.98. The molecule has 25 heavy (non-hydrogen) atoms. The Hall–Kier alpha value is -3.35. The number of amides is 1. The molecule has 0 spiro atoms. The van der Waals surface area contributed by atoms with Gasteiger partial charge in [-0.1, -0.05) is 12.1 Å². The van der Waals surface area contributed by atoms with Crippen LogP contribution in [-0.4, -0.2) is 16.1 Å². The molecule has 7 heteroatoms. The maximum atomic E-state index is 13.2. The monoisotopic (exact) mass is 340 g/mol. The highest BCUT2D eigenvalue weighted by Crippen LogP contribution is 2.17. The van der Waals surface area contributed by atoms with Crippen LogP contribution in [0.3, 0.4) is 0 Å². The summed E-state index contributed by atoms with van der Waals surface area (Å²) < 4.78 is 26.1. The average Bonchev–Trinajstić information content (AvgIpc) is 2.59. The second-order valence-corrected chi connectivity index (χ2v) is 5.38. The number of halogens is 2. The predicted molar refractivity (Wildman–Crippen MR) is 90.8 cm³/mol. The van der Waals surface area contributed by atoms with Crippen molar-refractivity contribution in [3.8, 4) is 0 Å². The lowest BCUT2D eigenvalue weighted by atomic mass is 10.2. The van der Waals surface area contributed by atoms with E-state index in [1.54, 1.807) is 6.07 Å². The molecule has 1 heterocycles. The summed E-state index contributed by atoms with van der Waals surface area (Å²) in [7, 11) is 0. The molecule has 2 aromatic carbocycles. The van der Waals surface area contributed by atoms with E-state index in [2.05, 4.69) is 20.8 Å². The molecule has 0 radical (unpaired) electrons. The van der Waals surface area contributed by atoms with E-state index in [9.17, 15) is 13.6 Å². The fourth-order valence-corrected chi connectivity index (χ4v) is 2.16. The quantitative estimate of drug-likeness (QED) is 0.752. The van der Waals surface area contributed by atoms with Gasteiger partial charge in [-0.25, -0.2) is 8.78 Å². The summed E-state index contributed by atoms with van der Waals surface area (Å²) in [5, 5.41) is 13.2. The second kappa shape index (κ2) is 7.04. The molecule has 3 rings (SSSR count). The van der Waals surface area contributed by atoms with E-state index in [0.29, 0.717) is 17.2 Å². The number of hydrogen-bond acceptors (Lipinski definition) is 4. The highest BCUT2D eigenvalue weighted by atomic mass is 19.2. The molecule has 5 nitrogen and oxygen atoms in total. The van der Waals surface area contributed by atoms with Crippen LogP contribution in [0.25, 0.3) is 0 Å². The van der Waals surface area contributed by atoms with Gasteiger partial charge in [-0.05, 0) is 48.9 Å². The minimum absolute atomic E-state index is 0.136. The van der Waals surface area contributed by atoms with E-state index < -0.39 is 17.5 Å². The Labute approximate surface area is 142 Å². The van der Waals surface area contributed by atoms with Gasteiger partial charge in [0.15, 0.2) is 23.1 Å². The van der Waals surface area contributed by atoms with Crippen molar-refractivity contribution < 1.29 is 13.6 Å². The minimum Gasteiger partial charge on any atom is -0.339 e. The molecular formula is C18H14F2N4O. The van der Waals surface area contributed by atoms with E-state index >= 15 is 0 Å². The molecule has 3 aromatic rings. The van der Waals surface area contributed by atoms with Crippen molar-refractivity contribution in [3.63, 3.8) is 0 Å². The second-order valence-electron chi connectivity index (χ2n) is 5.38. The Morgan fingerprint density at radius 1 is 0.920 bits per heavy atom. The van der Waals surface area contributed by atoms with Crippen LogP contribution in [0.15, 0.2) is 54.6 Å². The van der Waals surface area contributed by atoms with Crippen molar-refractivity contribution in [1.29, 1.82) is 0 Å². The van der Waals surface area contributed by atoms with Crippen LogP contribution in [0.4, 0.5) is 26.0 Å². The van der Waals surface area contributed by atoms with Crippen molar-refractivity contribution in [1.82, 2.24) is 10.2 Å². The first kappa shape index (κ1) is 16.5. The molecule has 0 saturated carbocycles. The molecule has 1 aromatic heterocycles. The van der Waals surface area contributed by atoms with E-state index in [-0.39, 0.29) is 5.69 Å². The van der Waals surface area contributed by atoms with Gasteiger partial charge in [0.1, 0.15) is 0 Å². The smallest absolute Gasteiger partial charge is 0.276 e. The van der Waals surface area contributed by atoms with Crippen LogP contribution in [0.5, 0.6) is 0 Å². The van der Waals surface area contributed by atoms with Gasteiger partial charge in [-0.15, -0.1) is 10.2 Å². The number of aryl methyl sites for hydroxylation is 1. The number of carbonyl (C=O) groups excluding carboxylic acids is 1. The summed E-state index contributed by atoms with van der Waals surface area (Å²) in [6, 6.07) is 13.8. The number of benzene rings is 2. The Morgan fingerprint density at radius 3 is 2.44 bits per heavy atom. The summed E-state index contributed by atoms with van der Waals surface area (Å²) >= 11 is 0. The summed E-state index contributed by atoms with van der Waals surface area (Å²) in [6.45, 7) is 1.92. The zero-order valence-corrected chi connectivity index (χ0v) is 13.3. The van der Waals surface area contributed by atoms with Crippen LogP contribution in [0.1, 0.15) is 16.1 Å². The van der Waals surface area contributed by atoms with Crippen LogP contribution < -0.4 is 10.6 Å². The van der Waals surface area contributed by atoms with Crippen molar-refractivity contribution in [3.05, 3.63) is 77.5 Å². The fourth-order valence-electron chi connectivity index (χ4n) is 2.16. The maximum Gasteiger partial charge on any atom is 0.276 e. The van der Waals surface area contributed by atoms with Gasteiger partial charge in [-0.2, -0.15) is 0 Å². The summed E-state index contributed by atoms with van der Waals surface area (Å²) in [5.41, 5.74) is 2.15. The largest absolute Gasteiger partial charge is 0.339 e. The Kier molecular flexibility index (Phi) is 4.65. The van der Waals surface area contributed by atoms with Crippen LogP contribution >= 0.6 is 0 Å². The standard InChI is InChI=1S/C18H14F2N4O/c1-11-3-2-4-12(9-11)22-18(25)16-7-8-17(24-23-16)21-13-5-6-14(19)15(20)10-13/h2-10H,1H3,(H,21,24)(H,22,25). The highest BCUT2D eigenvalue weighted by Gasteiger charge is 2.09. The van der Waals surface area contributed by atoms with Crippen LogP contribution in [-0.2, 0) is 0 Å². The van der Waals surface area contributed by atoms with E-state index in [0.717, 1.165) is 17.7 Å². The number of aromatic nitrogens is 2. The lowest BCUT2D eigenvalue weighted by Gasteiger charge is -2.07. The maximum absolute atomic E-state index is 13.2. The third kappa shape index (κ3) is 4.14. The zero-order valence-electron chi connectivity index (χ0n) is 13.3. The van der Waals surface area contributed by atoms with Gasteiger partial charge >= 0.3 is 0 Å². The molecule has 126 valence electrons. The van der Waals surface area contributed by atoms with Gasteiger partial charge in [0, 0.05) is 17.4 Å². The van der Waals surface area contributed by atoms with Crippen LogP contribution in [0.2, 0.25) is 0 Å². The van der Waals surface area contributed by atoms with Gasteiger partial charge in [0.05, 0.1) is 0 Å². The normalized spacial score (nSPS) is 10.4. The lowest BCUT2D eigenvalue weighted by Crippen LogP contribution is -2.14. The predicted octanol–water partition coefficient (Wildman–Crippen LogP) is 4.06. The molecule has 0 unspecified atom stereocenters. The molecule has 0 saturated heterocycles. The number of rotatable bonds is 4. The van der Waals surface area contributed by atoms with Crippen molar-refractivity contribution in [2.75, 3.05) is 10.6 Å². The van der Waals surface area contributed by atoms with Gasteiger partial charge in [0.2, 0.25) is 0 Å². The number of carbonyl (C=O) groups is 1. The zero-order chi connectivity index (χ0) is 17.8. The Balaban J connectivity index is 1.69. The van der Waals surface area contributed by atoms with E-state index in [4.69, 9.17) is 0 Å². The molecule has 0 bridgehead atoms. The van der Waals surface area contributed by atoms with E-state index in [1.807, 2.05) is 25.1 Å². The highest BCUT2D eigenvalue weighted by molar-refractivity contribution is 6.02.